The zero-order chi connectivity index (χ0) is 13.9. The van der Waals surface area contributed by atoms with Gasteiger partial charge in [0.2, 0.25) is 0 Å². The monoisotopic (exact) mass is 267 g/mol. The molecule has 19 heavy (non-hydrogen) atoms. The fourth-order valence-corrected chi connectivity index (χ4v) is 1.52. The van der Waals surface area contributed by atoms with E-state index in [1.54, 1.807) is 0 Å². The van der Waals surface area contributed by atoms with Crippen molar-refractivity contribution in [3.8, 4) is 0 Å². The molecule has 0 bridgehead atoms. The SMILES string of the molecule is Fc1ccc(/C=N/c2ccccc2C(F)(F)F)cc1. The molecule has 0 fully saturated rings. The summed E-state index contributed by atoms with van der Waals surface area (Å²) in [4.78, 5) is 3.81. The molecule has 0 amide bonds. The summed E-state index contributed by atoms with van der Waals surface area (Å²) in [7, 11) is 0. The molecule has 98 valence electrons. The Balaban J connectivity index is 2.31. The first-order chi connectivity index (χ1) is 8.97. The van der Waals surface area contributed by atoms with Gasteiger partial charge in [0.05, 0.1) is 11.3 Å². The summed E-state index contributed by atoms with van der Waals surface area (Å²) in [5.41, 5.74) is -0.439. The Bertz CT molecular complexity index is 585. The second-order valence-corrected chi connectivity index (χ2v) is 3.82. The molecular formula is C14H9F4N. The molecule has 0 heterocycles. The summed E-state index contributed by atoms with van der Waals surface area (Å²) < 4.78 is 50.8. The van der Waals surface area contributed by atoms with Crippen LogP contribution in [0.2, 0.25) is 0 Å². The molecule has 5 heteroatoms. The smallest absolute Gasteiger partial charge is 0.256 e. The zero-order valence-electron chi connectivity index (χ0n) is 9.66. The van der Waals surface area contributed by atoms with Gasteiger partial charge < -0.3 is 0 Å². The zero-order valence-corrected chi connectivity index (χ0v) is 9.66. The topological polar surface area (TPSA) is 12.4 Å². The minimum atomic E-state index is -4.45. The van der Waals surface area contributed by atoms with Gasteiger partial charge in [-0.2, -0.15) is 13.2 Å². The molecule has 0 spiro atoms. The van der Waals surface area contributed by atoms with Gasteiger partial charge in [-0.05, 0) is 29.8 Å². The van der Waals surface area contributed by atoms with Crippen LogP contribution in [0.3, 0.4) is 0 Å². The Kier molecular flexibility index (Phi) is 3.64. The summed E-state index contributed by atoms with van der Waals surface area (Å²) in [6, 6.07) is 10.4. The highest BCUT2D eigenvalue weighted by atomic mass is 19.4. The molecule has 2 aromatic rings. The molecule has 0 saturated heterocycles. The maximum Gasteiger partial charge on any atom is 0.418 e. The lowest BCUT2D eigenvalue weighted by Crippen LogP contribution is -2.04. The molecule has 0 unspecified atom stereocenters. The van der Waals surface area contributed by atoms with Crippen molar-refractivity contribution in [1.82, 2.24) is 0 Å². The number of rotatable bonds is 2. The van der Waals surface area contributed by atoms with E-state index in [9.17, 15) is 17.6 Å². The second kappa shape index (κ2) is 5.22. The van der Waals surface area contributed by atoms with Gasteiger partial charge in [-0.25, -0.2) is 4.39 Å². The molecule has 0 N–H and O–H groups in total. The van der Waals surface area contributed by atoms with Crippen molar-refractivity contribution in [3.63, 3.8) is 0 Å². The summed E-state index contributed by atoms with van der Waals surface area (Å²) in [6.07, 6.45) is -3.18. The van der Waals surface area contributed by atoms with E-state index in [1.165, 1.54) is 48.7 Å². The minimum absolute atomic E-state index is 0.167. The number of benzene rings is 2. The molecule has 2 aromatic carbocycles. The average molecular weight is 267 g/mol. The molecule has 2 rings (SSSR count). The van der Waals surface area contributed by atoms with Crippen molar-refractivity contribution < 1.29 is 17.6 Å². The van der Waals surface area contributed by atoms with Crippen molar-refractivity contribution in [2.24, 2.45) is 4.99 Å². The predicted octanol–water partition coefficient (Wildman–Crippen LogP) is 4.60. The van der Waals surface area contributed by atoms with E-state index in [0.29, 0.717) is 5.56 Å². The Hall–Kier alpha value is -2.17. The van der Waals surface area contributed by atoms with Gasteiger partial charge >= 0.3 is 6.18 Å². The van der Waals surface area contributed by atoms with Gasteiger partial charge in [-0.3, -0.25) is 4.99 Å². The van der Waals surface area contributed by atoms with Crippen LogP contribution in [0.25, 0.3) is 0 Å². The van der Waals surface area contributed by atoms with Crippen LogP contribution in [-0.4, -0.2) is 6.21 Å². The Morgan fingerprint density at radius 3 is 2.16 bits per heavy atom. The van der Waals surface area contributed by atoms with Gasteiger partial charge in [0.1, 0.15) is 5.82 Å². The molecule has 0 radical (unpaired) electrons. The molecule has 0 atom stereocenters. The Labute approximate surface area is 107 Å². The van der Waals surface area contributed by atoms with Crippen molar-refractivity contribution in [2.45, 2.75) is 6.18 Å². The summed E-state index contributed by atoms with van der Waals surface area (Å²) in [5.74, 6) is -0.409. The fourth-order valence-electron chi connectivity index (χ4n) is 1.52. The largest absolute Gasteiger partial charge is 0.418 e. The normalized spacial score (nSPS) is 12.0. The van der Waals surface area contributed by atoms with E-state index in [1.807, 2.05) is 0 Å². The van der Waals surface area contributed by atoms with Crippen LogP contribution in [0.15, 0.2) is 53.5 Å². The number of para-hydroxylation sites is 1. The van der Waals surface area contributed by atoms with E-state index in [-0.39, 0.29) is 5.69 Å². The lowest BCUT2D eigenvalue weighted by atomic mass is 10.1. The van der Waals surface area contributed by atoms with Crippen LogP contribution in [0.5, 0.6) is 0 Å². The first kappa shape index (κ1) is 13.3. The number of aliphatic imine (C=N–C) groups is 1. The third-order valence-corrected chi connectivity index (χ3v) is 2.43. The van der Waals surface area contributed by atoms with Crippen LogP contribution in [0, 0.1) is 5.82 Å². The third kappa shape index (κ3) is 3.40. The molecule has 0 aliphatic carbocycles. The number of alkyl halides is 3. The van der Waals surface area contributed by atoms with Crippen molar-refractivity contribution in [3.05, 3.63) is 65.5 Å². The minimum Gasteiger partial charge on any atom is -0.256 e. The van der Waals surface area contributed by atoms with Crippen LogP contribution >= 0.6 is 0 Å². The number of nitrogens with zero attached hydrogens (tertiary/aromatic N) is 1. The van der Waals surface area contributed by atoms with Crippen molar-refractivity contribution in [1.29, 1.82) is 0 Å². The summed E-state index contributed by atoms with van der Waals surface area (Å²) in [6.45, 7) is 0. The highest BCUT2D eigenvalue weighted by Gasteiger charge is 2.32. The predicted molar refractivity (Wildman–Crippen MR) is 65.1 cm³/mol. The fraction of sp³-hybridized carbons (Fsp3) is 0.0714. The highest BCUT2D eigenvalue weighted by Crippen LogP contribution is 2.35. The van der Waals surface area contributed by atoms with Crippen LogP contribution in [0.1, 0.15) is 11.1 Å². The van der Waals surface area contributed by atoms with Crippen molar-refractivity contribution in [2.75, 3.05) is 0 Å². The lowest BCUT2D eigenvalue weighted by Gasteiger charge is -2.08. The lowest BCUT2D eigenvalue weighted by molar-refractivity contribution is -0.137. The Morgan fingerprint density at radius 1 is 0.895 bits per heavy atom. The Morgan fingerprint density at radius 2 is 1.53 bits per heavy atom. The molecular weight excluding hydrogens is 258 g/mol. The average Bonchev–Trinajstić information content (AvgIpc) is 2.37. The molecule has 0 aromatic heterocycles. The first-order valence-corrected chi connectivity index (χ1v) is 5.43. The van der Waals surface area contributed by atoms with Gasteiger partial charge in [0.15, 0.2) is 0 Å². The van der Waals surface area contributed by atoms with E-state index in [2.05, 4.69) is 4.99 Å². The van der Waals surface area contributed by atoms with Crippen LogP contribution in [-0.2, 0) is 6.18 Å². The molecule has 1 nitrogen and oxygen atoms in total. The molecule has 0 saturated carbocycles. The van der Waals surface area contributed by atoms with Gasteiger partial charge in [0, 0.05) is 6.21 Å². The van der Waals surface area contributed by atoms with Gasteiger partial charge in [-0.1, -0.05) is 24.3 Å². The number of hydrogen-bond acceptors (Lipinski definition) is 1. The van der Waals surface area contributed by atoms with E-state index >= 15 is 0 Å². The van der Waals surface area contributed by atoms with Gasteiger partial charge in [0.25, 0.3) is 0 Å². The highest BCUT2D eigenvalue weighted by molar-refractivity contribution is 5.82. The summed E-state index contributed by atoms with van der Waals surface area (Å²) >= 11 is 0. The molecule has 0 aliphatic rings. The summed E-state index contributed by atoms with van der Waals surface area (Å²) in [5, 5.41) is 0. The third-order valence-electron chi connectivity index (χ3n) is 2.43. The maximum absolute atomic E-state index is 12.7. The van der Waals surface area contributed by atoms with E-state index < -0.39 is 17.6 Å². The first-order valence-electron chi connectivity index (χ1n) is 5.43. The standard InChI is InChI=1S/C14H9F4N/c15-11-7-5-10(6-8-11)9-19-13-4-2-1-3-12(13)14(16,17)18/h1-9H/b19-9+. The second-order valence-electron chi connectivity index (χ2n) is 3.82. The number of hydrogen-bond donors (Lipinski definition) is 0. The van der Waals surface area contributed by atoms with Gasteiger partial charge in [-0.15, -0.1) is 0 Å². The molecule has 0 aliphatic heterocycles. The quantitative estimate of drug-likeness (QED) is 0.557. The van der Waals surface area contributed by atoms with Crippen molar-refractivity contribution >= 4 is 11.9 Å². The van der Waals surface area contributed by atoms with E-state index in [4.69, 9.17) is 0 Å². The van der Waals surface area contributed by atoms with E-state index in [0.717, 1.165) is 6.07 Å². The number of halogens is 4. The van der Waals surface area contributed by atoms with Crippen LogP contribution < -0.4 is 0 Å². The maximum atomic E-state index is 12.7. The van der Waals surface area contributed by atoms with Crippen LogP contribution in [0.4, 0.5) is 23.2 Å².